The Balaban J connectivity index is 2.32. The molecule has 0 bridgehead atoms. The summed E-state index contributed by atoms with van der Waals surface area (Å²) in [5.74, 6) is -0.0636. The minimum absolute atomic E-state index is 0.486. The number of rotatable bonds is 4. The van der Waals surface area contributed by atoms with Gasteiger partial charge in [0.2, 0.25) is 0 Å². The Morgan fingerprint density at radius 3 is 2.60 bits per heavy atom. The van der Waals surface area contributed by atoms with Crippen molar-refractivity contribution in [2.45, 2.75) is 50.7 Å². The SMILES string of the molecule is COC(=O)C(O)[C@H](N)CC1CCCCC1. The second kappa shape index (κ2) is 6.08. The maximum Gasteiger partial charge on any atom is 0.336 e. The molecule has 0 radical (unpaired) electrons. The van der Waals surface area contributed by atoms with E-state index in [9.17, 15) is 9.90 Å². The van der Waals surface area contributed by atoms with Crippen LogP contribution in [0, 0.1) is 5.92 Å². The zero-order valence-electron chi connectivity index (χ0n) is 9.32. The Hall–Kier alpha value is -0.610. The van der Waals surface area contributed by atoms with Crippen molar-refractivity contribution in [1.82, 2.24) is 0 Å². The number of methoxy groups -OCH3 is 1. The summed E-state index contributed by atoms with van der Waals surface area (Å²) in [6, 6.07) is -0.486. The third-order valence-corrected chi connectivity index (χ3v) is 3.18. The minimum atomic E-state index is -1.17. The molecular formula is C11H21NO3. The van der Waals surface area contributed by atoms with E-state index in [0.29, 0.717) is 5.92 Å². The van der Waals surface area contributed by atoms with Crippen LogP contribution >= 0.6 is 0 Å². The Bertz CT molecular complexity index is 202. The van der Waals surface area contributed by atoms with Gasteiger partial charge in [0.15, 0.2) is 6.10 Å². The Morgan fingerprint density at radius 1 is 1.47 bits per heavy atom. The van der Waals surface area contributed by atoms with Crippen LogP contribution in [0.5, 0.6) is 0 Å². The van der Waals surface area contributed by atoms with E-state index >= 15 is 0 Å². The summed E-state index contributed by atoms with van der Waals surface area (Å²) in [6.45, 7) is 0. The van der Waals surface area contributed by atoms with E-state index < -0.39 is 18.1 Å². The topological polar surface area (TPSA) is 72.5 Å². The lowest BCUT2D eigenvalue weighted by Gasteiger charge is -2.26. The molecule has 1 unspecified atom stereocenters. The first-order valence-electron chi connectivity index (χ1n) is 5.66. The monoisotopic (exact) mass is 215 g/mol. The average Bonchev–Trinajstić information content (AvgIpc) is 2.28. The molecule has 4 heteroatoms. The van der Waals surface area contributed by atoms with E-state index in [1.165, 1.54) is 39.2 Å². The molecule has 0 amide bonds. The summed E-state index contributed by atoms with van der Waals surface area (Å²) in [4.78, 5) is 11.0. The summed E-state index contributed by atoms with van der Waals surface area (Å²) < 4.78 is 4.45. The van der Waals surface area contributed by atoms with Gasteiger partial charge >= 0.3 is 5.97 Å². The minimum Gasteiger partial charge on any atom is -0.467 e. The molecule has 4 nitrogen and oxygen atoms in total. The van der Waals surface area contributed by atoms with Crippen molar-refractivity contribution in [1.29, 1.82) is 0 Å². The zero-order chi connectivity index (χ0) is 11.3. The summed E-state index contributed by atoms with van der Waals surface area (Å²) in [7, 11) is 1.26. The number of aliphatic hydroxyl groups is 1. The van der Waals surface area contributed by atoms with Crippen LogP contribution < -0.4 is 5.73 Å². The van der Waals surface area contributed by atoms with Gasteiger partial charge in [0.05, 0.1) is 7.11 Å². The van der Waals surface area contributed by atoms with Gasteiger partial charge < -0.3 is 15.6 Å². The van der Waals surface area contributed by atoms with Crippen LogP contribution in [0.3, 0.4) is 0 Å². The van der Waals surface area contributed by atoms with Crippen molar-refractivity contribution in [3.05, 3.63) is 0 Å². The van der Waals surface area contributed by atoms with E-state index in [0.717, 1.165) is 6.42 Å². The normalized spacial score (nSPS) is 22.1. The number of carbonyl (C=O) groups excluding carboxylic acids is 1. The van der Waals surface area contributed by atoms with Gasteiger partial charge in [0.1, 0.15) is 0 Å². The molecule has 0 heterocycles. The highest BCUT2D eigenvalue weighted by Crippen LogP contribution is 2.27. The first-order valence-corrected chi connectivity index (χ1v) is 5.66. The first kappa shape index (κ1) is 12.5. The van der Waals surface area contributed by atoms with Crippen LogP contribution in [0.2, 0.25) is 0 Å². The molecular weight excluding hydrogens is 194 g/mol. The summed E-state index contributed by atoms with van der Waals surface area (Å²) >= 11 is 0. The Labute approximate surface area is 90.8 Å². The molecule has 1 aliphatic carbocycles. The lowest BCUT2D eigenvalue weighted by atomic mass is 9.84. The molecule has 2 atom stereocenters. The molecule has 0 aliphatic heterocycles. The van der Waals surface area contributed by atoms with Crippen LogP contribution in [0.15, 0.2) is 0 Å². The highest BCUT2D eigenvalue weighted by atomic mass is 16.5. The highest BCUT2D eigenvalue weighted by Gasteiger charge is 2.26. The number of esters is 1. The van der Waals surface area contributed by atoms with Crippen LogP contribution in [0.4, 0.5) is 0 Å². The molecule has 88 valence electrons. The number of aliphatic hydroxyl groups excluding tert-OH is 1. The van der Waals surface area contributed by atoms with Crippen molar-refractivity contribution < 1.29 is 14.6 Å². The molecule has 1 rings (SSSR count). The summed E-state index contributed by atoms with van der Waals surface area (Å²) in [5, 5.41) is 9.52. The maximum absolute atomic E-state index is 11.0. The fourth-order valence-corrected chi connectivity index (χ4v) is 2.23. The number of ether oxygens (including phenoxy) is 1. The predicted octanol–water partition coefficient (Wildman–Crippen LogP) is 0.818. The van der Waals surface area contributed by atoms with E-state index in [1.54, 1.807) is 0 Å². The van der Waals surface area contributed by atoms with Crippen molar-refractivity contribution in [3.8, 4) is 0 Å². The number of carbonyl (C=O) groups is 1. The Morgan fingerprint density at radius 2 is 2.07 bits per heavy atom. The van der Waals surface area contributed by atoms with Crippen LogP contribution in [-0.4, -0.2) is 30.3 Å². The van der Waals surface area contributed by atoms with Gasteiger partial charge in [-0.3, -0.25) is 0 Å². The third-order valence-electron chi connectivity index (χ3n) is 3.18. The van der Waals surface area contributed by atoms with Gasteiger partial charge in [-0.25, -0.2) is 4.79 Å². The quantitative estimate of drug-likeness (QED) is 0.681. The van der Waals surface area contributed by atoms with Crippen molar-refractivity contribution >= 4 is 5.97 Å². The average molecular weight is 215 g/mol. The summed E-state index contributed by atoms with van der Waals surface area (Å²) in [6.07, 6.45) is 5.67. The second-order valence-corrected chi connectivity index (χ2v) is 4.37. The molecule has 0 aromatic rings. The van der Waals surface area contributed by atoms with E-state index in [1.807, 2.05) is 0 Å². The standard InChI is InChI=1S/C11H21NO3/c1-15-11(14)10(13)9(12)7-8-5-3-2-4-6-8/h8-10,13H,2-7,12H2,1H3/t9-,10?/m1/s1. The summed E-state index contributed by atoms with van der Waals surface area (Å²) in [5.41, 5.74) is 5.77. The van der Waals surface area contributed by atoms with Crippen LogP contribution in [0.1, 0.15) is 38.5 Å². The van der Waals surface area contributed by atoms with E-state index in [4.69, 9.17) is 5.73 Å². The first-order chi connectivity index (χ1) is 7.15. The van der Waals surface area contributed by atoms with Gasteiger partial charge in [0, 0.05) is 6.04 Å². The fraction of sp³-hybridized carbons (Fsp3) is 0.909. The fourth-order valence-electron chi connectivity index (χ4n) is 2.23. The maximum atomic E-state index is 11.0. The third kappa shape index (κ3) is 3.80. The van der Waals surface area contributed by atoms with Gasteiger partial charge in [-0.2, -0.15) is 0 Å². The molecule has 3 N–H and O–H groups in total. The number of nitrogens with two attached hydrogens (primary N) is 1. The molecule has 1 aliphatic rings. The second-order valence-electron chi connectivity index (χ2n) is 4.37. The van der Waals surface area contributed by atoms with Crippen molar-refractivity contribution in [2.75, 3.05) is 7.11 Å². The Kier molecular flexibility index (Phi) is 5.05. The number of hydrogen-bond acceptors (Lipinski definition) is 4. The van der Waals surface area contributed by atoms with Crippen molar-refractivity contribution in [2.24, 2.45) is 11.7 Å². The van der Waals surface area contributed by atoms with Gasteiger partial charge in [-0.15, -0.1) is 0 Å². The number of hydrogen-bond donors (Lipinski definition) is 2. The largest absolute Gasteiger partial charge is 0.467 e. The van der Waals surface area contributed by atoms with E-state index in [2.05, 4.69) is 4.74 Å². The lowest BCUT2D eigenvalue weighted by molar-refractivity contribution is -0.151. The van der Waals surface area contributed by atoms with Crippen LogP contribution in [-0.2, 0) is 9.53 Å². The zero-order valence-corrected chi connectivity index (χ0v) is 9.32. The molecule has 0 spiro atoms. The predicted molar refractivity (Wildman–Crippen MR) is 57.2 cm³/mol. The molecule has 1 saturated carbocycles. The molecule has 15 heavy (non-hydrogen) atoms. The smallest absolute Gasteiger partial charge is 0.336 e. The van der Waals surface area contributed by atoms with E-state index in [-0.39, 0.29) is 0 Å². The van der Waals surface area contributed by atoms with Gasteiger partial charge in [-0.1, -0.05) is 32.1 Å². The van der Waals surface area contributed by atoms with Gasteiger partial charge in [0.25, 0.3) is 0 Å². The van der Waals surface area contributed by atoms with Crippen molar-refractivity contribution in [3.63, 3.8) is 0 Å². The molecule has 0 aromatic carbocycles. The molecule has 0 saturated heterocycles. The highest BCUT2D eigenvalue weighted by molar-refractivity contribution is 5.75. The van der Waals surface area contributed by atoms with Gasteiger partial charge in [-0.05, 0) is 12.3 Å². The lowest BCUT2D eigenvalue weighted by Crippen LogP contribution is -2.42. The van der Waals surface area contributed by atoms with Crippen LogP contribution in [0.25, 0.3) is 0 Å². The molecule has 1 fully saturated rings. The molecule has 0 aromatic heterocycles.